The van der Waals surface area contributed by atoms with Gasteiger partial charge in [0.05, 0.1) is 0 Å². The Hall–Kier alpha value is -1.64. The average Bonchev–Trinajstić information content (AvgIpc) is 2.82. The van der Waals surface area contributed by atoms with Crippen LogP contribution in [0.15, 0.2) is 36.4 Å². The first-order chi connectivity index (χ1) is 15.6. The average molecular weight is 443 g/mol. The summed E-state index contributed by atoms with van der Waals surface area (Å²) in [6, 6.07) is 3.36. The lowest BCUT2D eigenvalue weighted by Gasteiger charge is -2.45. The number of hydrogen-bond donors (Lipinski definition) is 0. The van der Waals surface area contributed by atoms with E-state index >= 15 is 0 Å². The van der Waals surface area contributed by atoms with Crippen LogP contribution >= 0.6 is 0 Å². The van der Waals surface area contributed by atoms with E-state index in [1.165, 1.54) is 38.5 Å². The summed E-state index contributed by atoms with van der Waals surface area (Å²) in [4.78, 5) is 0. The molecule has 3 saturated carbocycles. The zero-order chi connectivity index (χ0) is 22.5. The summed E-state index contributed by atoms with van der Waals surface area (Å²) in [7, 11) is 0. The lowest BCUT2D eigenvalue weighted by molar-refractivity contribution is 0.0717. The van der Waals surface area contributed by atoms with Crippen LogP contribution in [0.4, 0.5) is 8.78 Å². The summed E-state index contributed by atoms with van der Waals surface area (Å²) < 4.78 is 34.7. The van der Waals surface area contributed by atoms with Gasteiger partial charge in [-0.3, -0.25) is 0 Å². The molecule has 1 aromatic carbocycles. The molecule has 176 valence electrons. The van der Waals surface area contributed by atoms with Crippen molar-refractivity contribution in [2.24, 2.45) is 29.6 Å². The standard InChI is InChI=1S/C29H40F2O/c1-3-5-17-32-27-16-15-26(28(30)29(27)31)22-11-9-21(10-12-22)24-14-13-23-18-20(6-4-2)7-8-25(23)19-24/h3-6,15-16,20-25H,7-14,17-19H2,1-2H3/b5-3+,6-4+. The van der Waals surface area contributed by atoms with Gasteiger partial charge in [-0.25, -0.2) is 4.39 Å². The molecule has 3 aliphatic rings. The first-order valence-electron chi connectivity index (χ1n) is 12.9. The van der Waals surface area contributed by atoms with Gasteiger partial charge >= 0.3 is 0 Å². The third-order valence-corrected chi connectivity index (χ3v) is 8.68. The van der Waals surface area contributed by atoms with Crippen molar-refractivity contribution in [3.8, 4) is 5.75 Å². The molecule has 3 heteroatoms. The minimum Gasteiger partial charge on any atom is -0.486 e. The van der Waals surface area contributed by atoms with Crippen molar-refractivity contribution in [2.75, 3.05) is 6.61 Å². The van der Waals surface area contributed by atoms with E-state index in [1.54, 1.807) is 18.2 Å². The van der Waals surface area contributed by atoms with Crippen LogP contribution in [0.5, 0.6) is 5.75 Å². The number of fused-ring (bicyclic) bond motifs is 1. The van der Waals surface area contributed by atoms with Crippen molar-refractivity contribution in [3.63, 3.8) is 0 Å². The van der Waals surface area contributed by atoms with Gasteiger partial charge in [0.1, 0.15) is 6.61 Å². The van der Waals surface area contributed by atoms with E-state index in [4.69, 9.17) is 4.74 Å². The van der Waals surface area contributed by atoms with Crippen molar-refractivity contribution in [1.29, 1.82) is 0 Å². The van der Waals surface area contributed by atoms with E-state index in [9.17, 15) is 8.78 Å². The number of benzene rings is 1. The maximum Gasteiger partial charge on any atom is 0.200 e. The monoisotopic (exact) mass is 442 g/mol. The molecule has 0 bridgehead atoms. The number of halogens is 2. The second-order valence-corrected chi connectivity index (χ2v) is 10.5. The highest BCUT2D eigenvalue weighted by atomic mass is 19.2. The lowest BCUT2D eigenvalue weighted by atomic mass is 9.61. The molecule has 4 rings (SSSR count). The Morgan fingerprint density at radius 1 is 0.781 bits per heavy atom. The Morgan fingerprint density at radius 2 is 1.44 bits per heavy atom. The first-order valence-corrected chi connectivity index (χ1v) is 12.9. The molecule has 3 aliphatic carbocycles. The molecule has 1 nitrogen and oxygen atoms in total. The highest BCUT2D eigenvalue weighted by Gasteiger charge is 2.38. The van der Waals surface area contributed by atoms with Gasteiger partial charge in [0.2, 0.25) is 5.82 Å². The Balaban J connectivity index is 1.31. The van der Waals surface area contributed by atoms with Crippen LogP contribution in [0.3, 0.4) is 0 Å². The Kier molecular flexibility index (Phi) is 8.07. The Labute approximate surface area is 193 Å². The predicted molar refractivity (Wildman–Crippen MR) is 128 cm³/mol. The quantitative estimate of drug-likeness (QED) is 0.401. The summed E-state index contributed by atoms with van der Waals surface area (Å²) in [5.41, 5.74) is 0.547. The van der Waals surface area contributed by atoms with E-state index in [1.807, 2.05) is 13.0 Å². The first kappa shape index (κ1) is 23.5. The number of rotatable bonds is 6. The fourth-order valence-electron chi connectivity index (χ4n) is 6.95. The molecule has 0 spiro atoms. The smallest absolute Gasteiger partial charge is 0.200 e. The third kappa shape index (κ3) is 5.29. The molecule has 0 amide bonds. The highest BCUT2D eigenvalue weighted by Crippen LogP contribution is 2.50. The summed E-state index contributed by atoms with van der Waals surface area (Å²) in [6.07, 6.45) is 20.9. The minimum absolute atomic E-state index is 0.0129. The molecule has 4 atom stereocenters. The van der Waals surface area contributed by atoms with Gasteiger partial charge in [-0.1, -0.05) is 30.4 Å². The summed E-state index contributed by atoms with van der Waals surface area (Å²) in [6.45, 7) is 4.28. The fraction of sp³-hybridized carbons (Fsp3) is 0.655. The van der Waals surface area contributed by atoms with Crippen molar-refractivity contribution >= 4 is 0 Å². The van der Waals surface area contributed by atoms with Crippen molar-refractivity contribution in [3.05, 3.63) is 53.6 Å². The van der Waals surface area contributed by atoms with Crippen LogP contribution in [0.2, 0.25) is 0 Å². The number of ether oxygens (including phenoxy) is 1. The largest absolute Gasteiger partial charge is 0.486 e. The van der Waals surface area contributed by atoms with Crippen LogP contribution < -0.4 is 4.74 Å². The SMILES string of the molecule is C/C=C/COc1ccc(C2CCC(C3CCC4CC(/C=C/C)CCC4C3)CC2)c(F)c1F. The maximum atomic E-state index is 14.8. The van der Waals surface area contributed by atoms with Gasteiger partial charge in [0, 0.05) is 0 Å². The molecule has 0 saturated heterocycles. The zero-order valence-corrected chi connectivity index (χ0v) is 19.9. The summed E-state index contributed by atoms with van der Waals surface area (Å²) >= 11 is 0. The van der Waals surface area contributed by atoms with Crippen LogP contribution in [-0.2, 0) is 0 Å². The predicted octanol–water partition coefficient (Wildman–Crippen LogP) is 8.60. The van der Waals surface area contributed by atoms with Gasteiger partial charge in [-0.2, -0.15) is 4.39 Å². The van der Waals surface area contributed by atoms with Crippen molar-refractivity contribution in [2.45, 2.75) is 84.0 Å². The highest BCUT2D eigenvalue weighted by molar-refractivity contribution is 5.33. The molecular weight excluding hydrogens is 402 g/mol. The van der Waals surface area contributed by atoms with Gasteiger partial charge < -0.3 is 4.74 Å². The molecule has 0 N–H and O–H groups in total. The van der Waals surface area contributed by atoms with Gasteiger partial charge in [0.15, 0.2) is 11.6 Å². The van der Waals surface area contributed by atoms with Crippen LogP contribution in [0.25, 0.3) is 0 Å². The van der Waals surface area contributed by atoms with E-state index in [2.05, 4.69) is 19.1 Å². The van der Waals surface area contributed by atoms with Crippen LogP contribution in [-0.4, -0.2) is 6.61 Å². The molecule has 1 aromatic rings. The van der Waals surface area contributed by atoms with E-state index in [0.29, 0.717) is 5.56 Å². The van der Waals surface area contributed by atoms with Crippen molar-refractivity contribution in [1.82, 2.24) is 0 Å². The topological polar surface area (TPSA) is 9.23 Å². The van der Waals surface area contributed by atoms with Gasteiger partial charge in [-0.05, 0) is 125 Å². The maximum absolute atomic E-state index is 14.8. The van der Waals surface area contributed by atoms with E-state index in [-0.39, 0.29) is 18.3 Å². The Morgan fingerprint density at radius 3 is 2.16 bits per heavy atom. The third-order valence-electron chi connectivity index (χ3n) is 8.68. The lowest BCUT2D eigenvalue weighted by Crippen LogP contribution is -2.34. The molecule has 0 radical (unpaired) electrons. The van der Waals surface area contributed by atoms with E-state index < -0.39 is 11.6 Å². The van der Waals surface area contributed by atoms with Gasteiger partial charge in [-0.15, -0.1) is 0 Å². The van der Waals surface area contributed by atoms with Crippen LogP contribution in [0, 0.1) is 41.2 Å². The number of allylic oxidation sites excluding steroid dienone is 3. The second-order valence-electron chi connectivity index (χ2n) is 10.5. The van der Waals surface area contributed by atoms with E-state index in [0.717, 1.165) is 55.3 Å². The molecule has 0 heterocycles. The van der Waals surface area contributed by atoms with Crippen LogP contribution in [0.1, 0.15) is 89.5 Å². The molecule has 3 fully saturated rings. The Bertz CT molecular complexity index is 806. The summed E-state index contributed by atoms with van der Waals surface area (Å²) in [5.74, 6) is 2.90. The second kappa shape index (κ2) is 11.0. The zero-order valence-electron chi connectivity index (χ0n) is 19.9. The molecule has 0 aliphatic heterocycles. The molecule has 32 heavy (non-hydrogen) atoms. The molecular formula is C29H40F2O. The fourth-order valence-corrected chi connectivity index (χ4v) is 6.95. The molecule has 4 unspecified atom stereocenters. The summed E-state index contributed by atoms with van der Waals surface area (Å²) in [5, 5.41) is 0. The minimum atomic E-state index is -0.832. The van der Waals surface area contributed by atoms with Gasteiger partial charge in [0.25, 0.3) is 0 Å². The van der Waals surface area contributed by atoms with Crippen molar-refractivity contribution < 1.29 is 13.5 Å². The molecule has 0 aromatic heterocycles. The normalized spacial score (nSPS) is 33.5. The number of hydrogen-bond acceptors (Lipinski definition) is 1.